The summed E-state index contributed by atoms with van der Waals surface area (Å²) in [6.07, 6.45) is 14.5. The zero-order valence-electron chi connectivity index (χ0n) is 23.8. The zero-order chi connectivity index (χ0) is 25.4. The highest BCUT2D eigenvalue weighted by molar-refractivity contribution is 5.33. The summed E-state index contributed by atoms with van der Waals surface area (Å²) >= 11 is 0. The lowest BCUT2D eigenvalue weighted by atomic mass is 9.41. The third-order valence-corrected chi connectivity index (χ3v) is 12.4. The fourth-order valence-electron chi connectivity index (χ4n) is 10.3. The molecular weight excluding hydrogens is 432 g/mol. The molecule has 1 saturated heterocycles. The van der Waals surface area contributed by atoms with Crippen LogP contribution in [0.1, 0.15) is 107 Å². The second-order valence-electron chi connectivity index (χ2n) is 14.5. The van der Waals surface area contributed by atoms with Crippen molar-refractivity contribution >= 4 is 0 Å². The first-order chi connectivity index (χ1) is 16.4. The lowest BCUT2D eigenvalue weighted by molar-refractivity contribution is -0.160. The Bertz CT molecular complexity index is 883. The summed E-state index contributed by atoms with van der Waals surface area (Å²) in [6.45, 7) is 19.7. The molecule has 0 bridgehead atoms. The van der Waals surface area contributed by atoms with Gasteiger partial charge >= 0.3 is 0 Å². The second-order valence-corrected chi connectivity index (χ2v) is 14.5. The fourth-order valence-corrected chi connectivity index (χ4v) is 10.3. The maximum absolute atomic E-state index is 10.9. The van der Waals surface area contributed by atoms with Gasteiger partial charge < -0.3 is 14.6 Å². The molecule has 4 aliphatic carbocycles. The minimum atomic E-state index is -0.164. The highest BCUT2D eigenvalue weighted by Crippen LogP contribution is 2.73. The van der Waals surface area contributed by atoms with Gasteiger partial charge in [0.05, 0.1) is 12.2 Å². The molecule has 1 N–H and O–H groups in total. The minimum absolute atomic E-state index is 0.000729. The van der Waals surface area contributed by atoms with E-state index in [0.717, 1.165) is 25.9 Å². The van der Waals surface area contributed by atoms with E-state index < -0.39 is 0 Å². The number of hydrogen-bond donors (Lipinski definition) is 1. The Kier molecular flexibility index (Phi) is 6.46. The molecule has 35 heavy (non-hydrogen) atoms. The first kappa shape index (κ1) is 26.0. The van der Waals surface area contributed by atoms with Gasteiger partial charge in [-0.05, 0) is 112 Å². The molecule has 10 atom stereocenters. The summed E-state index contributed by atoms with van der Waals surface area (Å²) in [5.74, 6) is 2.38. The number of allylic oxidation sites excluding steroid dienone is 3. The van der Waals surface area contributed by atoms with Crippen molar-refractivity contribution in [1.29, 1.82) is 0 Å². The van der Waals surface area contributed by atoms with Gasteiger partial charge in [-0.3, -0.25) is 0 Å². The Morgan fingerprint density at radius 3 is 2.51 bits per heavy atom. The molecule has 198 valence electrons. The van der Waals surface area contributed by atoms with Crippen molar-refractivity contribution in [2.24, 2.45) is 45.3 Å². The van der Waals surface area contributed by atoms with E-state index in [4.69, 9.17) is 9.47 Å². The van der Waals surface area contributed by atoms with Crippen molar-refractivity contribution in [2.75, 3.05) is 6.61 Å². The maximum Gasteiger partial charge on any atom is 0.161 e. The first-order valence-electron chi connectivity index (χ1n) is 14.7. The van der Waals surface area contributed by atoms with Crippen LogP contribution in [0.2, 0.25) is 0 Å². The van der Waals surface area contributed by atoms with Gasteiger partial charge in [0.1, 0.15) is 0 Å². The molecule has 1 heterocycles. The van der Waals surface area contributed by atoms with Crippen molar-refractivity contribution in [3.8, 4) is 0 Å². The monoisotopic (exact) mass is 484 g/mol. The predicted octanol–water partition coefficient (Wildman–Crippen LogP) is 7.69. The van der Waals surface area contributed by atoms with Gasteiger partial charge in [0, 0.05) is 12.5 Å². The van der Waals surface area contributed by atoms with Crippen LogP contribution in [0.5, 0.6) is 0 Å². The minimum Gasteiger partial charge on any atom is -0.393 e. The molecule has 5 aliphatic rings. The highest BCUT2D eigenvalue weighted by Gasteiger charge is 2.66. The maximum atomic E-state index is 10.9. The molecule has 5 rings (SSSR count). The van der Waals surface area contributed by atoms with Crippen LogP contribution in [0.25, 0.3) is 0 Å². The molecule has 4 fully saturated rings. The molecule has 0 aromatic carbocycles. The Balaban J connectivity index is 1.46. The van der Waals surface area contributed by atoms with Crippen LogP contribution in [0.4, 0.5) is 0 Å². The summed E-state index contributed by atoms with van der Waals surface area (Å²) < 4.78 is 12.7. The molecule has 0 aromatic rings. The van der Waals surface area contributed by atoms with Crippen molar-refractivity contribution in [1.82, 2.24) is 0 Å². The number of rotatable bonds is 4. The van der Waals surface area contributed by atoms with Gasteiger partial charge in [-0.15, -0.1) is 0 Å². The average Bonchev–Trinajstić information content (AvgIpc) is 3.28. The number of ether oxygens (including phenoxy) is 2. The van der Waals surface area contributed by atoms with E-state index in [1.807, 2.05) is 0 Å². The topological polar surface area (TPSA) is 38.7 Å². The normalized spacial score (nSPS) is 50.7. The quantitative estimate of drug-likeness (QED) is 0.416. The molecular formula is C32H52O3. The van der Waals surface area contributed by atoms with Gasteiger partial charge in [0.25, 0.3) is 0 Å². The average molecular weight is 485 g/mol. The van der Waals surface area contributed by atoms with Crippen molar-refractivity contribution in [2.45, 2.75) is 125 Å². The van der Waals surface area contributed by atoms with E-state index in [-0.39, 0.29) is 29.3 Å². The van der Waals surface area contributed by atoms with Gasteiger partial charge in [0.15, 0.2) is 6.29 Å². The lowest BCUT2D eigenvalue weighted by Gasteiger charge is -2.64. The lowest BCUT2D eigenvalue weighted by Crippen LogP contribution is -2.58. The van der Waals surface area contributed by atoms with Gasteiger partial charge in [-0.1, -0.05) is 57.9 Å². The van der Waals surface area contributed by atoms with E-state index in [0.29, 0.717) is 34.5 Å². The van der Waals surface area contributed by atoms with Crippen molar-refractivity contribution in [3.05, 3.63) is 23.3 Å². The van der Waals surface area contributed by atoms with E-state index in [1.165, 1.54) is 37.7 Å². The summed E-state index contributed by atoms with van der Waals surface area (Å²) in [5.41, 5.74) is 4.00. The Morgan fingerprint density at radius 2 is 1.83 bits per heavy atom. The predicted molar refractivity (Wildman–Crippen MR) is 143 cm³/mol. The standard InChI is InChI=1S/C32H52O3/c1-9-34-28-22(19-21(35-28)18-20(2)3)23-12-16-32(8)25-10-11-26-29(4,5)27(33)14-15-30(26,6)24(25)13-17-31(23,32)7/h10,18,21-24,26-28,33H,9,11-17,19H2,1-8H3/t21-,22+,23+,24+,26+,27+,28+,30-,31+,32-/m1/s1. The molecule has 0 radical (unpaired) electrons. The van der Waals surface area contributed by atoms with Crippen LogP contribution >= 0.6 is 0 Å². The van der Waals surface area contributed by atoms with Crippen LogP contribution in [0.15, 0.2) is 23.3 Å². The van der Waals surface area contributed by atoms with Crippen LogP contribution in [0.3, 0.4) is 0 Å². The SMILES string of the molecule is CCO[C@H]1O[C@H](C=C(C)C)C[C@H]1[C@@H]1CC[C@]2(C)C3=CC[C@H]4C(C)(C)[C@@H](O)CC[C@]4(C)[C@H]3CC[C@@]12C. The summed E-state index contributed by atoms with van der Waals surface area (Å²) in [6, 6.07) is 0. The van der Waals surface area contributed by atoms with Crippen LogP contribution in [0, 0.1) is 45.3 Å². The summed E-state index contributed by atoms with van der Waals surface area (Å²) in [5, 5.41) is 10.9. The van der Waals surface area contributed by atoms with Gasteiger partial charge in [-0.25, -0.2) is 0 Å². The van der Waals surface area contributed by atoms with E-state index in [9.17, 15) is 5.11 Å². The number of hydrogen-bond acceptors (Lipinski definition) is 3. The van der Waals surface area contributed by atoms with Crippen LogP contribution in [-0.2, 0) is 9.47 Å². The van der Waals surface area contributed by atoms with E-state index in [2.05, 4.69) is 67.5 Å². The highest BCUT2D eigenvalue weighted by atomic mass is 16.7. The molecule has 3 heteroatoms. The zero-order valence-corrected chi connectivity index (χ0v) is 23.8. The molecule has 0 aromatic heterocycles. The van der Waals surface area contributed by atoms with E-state index >= 15 is 0 Å². The van der Waals surface area contributed by atoms with E-state index in [1.54, 1.807) is 5.57 Å². The smallest absolute Gasteiger partial charge is 0.161 e. The molecule has 1 aliphatic heterocycles. The molecule has 0 spiro atoms. The van der Waals surface area contributed by atoms with Crippen LogP contribution in [-0.4, -0.2) is 30.2 Å². The molecule has 3 saturated carbocycles. The Hall–Kier alpha value is -0.640. The van der Waals surface area contributed by atoms with Gasteiger partial charge in [0.2, 0.25) is 0 Å². The first-order valence-corrected chi connectivity index (χ1v) is 14.7. The largest absolute Gasteiger partial charge is 0.393 e. The third kappa shape index (κ3) is 3.68. The fraction of sp³-hybridized carbons (Fsp3) is 0.875. The Morgan fingerprint density at radius 1 is 1.09 bits per heavy atom. The molecule has 0 amide bonds. The summed E-state index contributed by atoms with van der Waals surface area (Å²) in [4.78, 5) is 0. The second kappa shape index (κ2) is 8.70. The number of aliphatic hydroxyl groups excluding tert-OH is 1. The van der Waals surface area contributed by atoms with Crippen LogP contribution < -0.4 is 0 Å². The molecule has 3 nitrogen and oxygen atoms in total. The van der Waals surface area contributed by atoms with Crippen molar-refractivity contribution in [3.63, 3.8) is 0 Å². The molecule has 0 unspecified atom stereocenters. The number of aliphatic hydroxyl groups is 1. The summed E-state index contributed by atoms with van der Waals surface area (Å²) in [7, 11) is 0. The Labute approximate surface area is 215 Å². The van der Waals surface area contributed by atoms with Gasteiger partial charge in [-0.2, -0.15) is 0 Å². The number of fused-ring (bicyclic) bond motifs is 5. The third-order valence-electron chi connectivity index (χ3n) is 12.4. The van der Waals surface area contributed by atoms with Crippen molar-refractivity contribution < 1.29 is 14.6 Å².